The van der Waals surface area contributed by atoms with Crippen LogP contribution < -0.4 is 0 Å². The summed E-state index contributed by atoms with van der Waals surface area (Å²) in [6.45, 7) is 11.5. The van der Waals surface area contributed by atoms with Gasteiger partial charge in [0.05, 0.1) is 18.8 Å². The van der Waals surface area contributed by atoms with Gasteiger partial charge in [0.1, 0.15) is 0 Å². The van der Waals surface area contributed by atoms with Crippen molar-refractivity contribution in [3.8, 4) is 0 Å². The normalized spacial score (nSPS) is 19.8. The molecule has 2 heteroatoms. The second-order valence-electron chi connectivity index (χ2n) is 7.12. The van der Waals surface area contributed by atoms with E-state index in [1.165, 1.54) is 23.1 Å². The van der Waals surface area contributed by atoms with E-state index in [1.54, 1.807) is 0 Å². The molecule has 1 aliphatic rings. The summed E-state index contributed by atoms with van der Waals surface area (Å²) in [4.78, 5) is 2.50. The Morgan fingerprint density at radius 1 is 1.00 bits per heavy atom. The predicted octanol–water partition coefficient (Wildman–Crippen LogP) is 5.37. The molecule has 0 amide bonds. The Bertz CT molecular complexity index is 710. The maximum Gasteiger partial charge on any atom is 0.0717 e. The van der Waals surface area contributed by atoms with Gasteiger partial charge in [0, 0.05) is 13.1 Å². The van der Waals surface area contributed by atoms with Gasteiger partial charge in [0.25, 0.3) is 0 Å². The van der Waals surface area contributed by atoms with Gasteiger partial charge in [-0.25, -0.2) is 0 Å². The smallest absolute Gasteiger partial charge is 0.0717 e. The molecule has 1 saturated carbocycles. The van der Waals surface area contributed by atoms with Crippen molar-refractivity contribution in [2.45, 2.75) is 38.0 Å². The molecule has 0 saturated heterocycles. The van der Waals surface area contributed by atoms with Gasteiger partial charge in [-0.1, -0.05) is 78.9 Å². The summed E-state index contributed by atoms with van der Waals surface area (Å²) in [5.74, 6) is 0. The van der Waals surface area contributed by atoms with E-state index in [-0.39, 0.29) is 5.54 Å². The lowest BCUT2D eigenvalue weighted by atomic mass is 9.91. The van der Waals surface area contributed by atoms with Gasteiger partial charge in [-0.3, -0.25) is 4.90 Å². The lowest BCUT2D eigenvalue weighted by Crippen LogP contribution is -2.51. The zero-order chi connectivity index (χ0) is 18.2. The maximum absolute atomic E-state index is 6.21. The second kappa shape index (κ2) is 8.98. The van der Waals surface area contributed by atoms with Crippen LogP contribution in [0.5, 0.6) is 0 Å². The minimum atomic E-state index is -0.0984. The molecule has 26 heavy (non-hydrogen) atoms. The lowest BCUT2D eigenvalue weighted by molar-refractivity contribution is 0.00899. The van der Waals surface area contributed by atoms with Crippen LogP contribution in [-0.2, 0) is 17.9 Å². The van der Waals surface area contributed by atoms with Crippen LogP contribution in [0.3, 0.4) is 0 Å². The topological polar surface area (TPSA) is 12.5 Å². The van der Waals surface area contributed by atoms with Crippen molar-refractivity contribution in [1.82, 2.24) is 4.90 Å². The van der Waals surface area contributed by atoms with Gasteiger partial charge in [-0.05, 0) is 30.4 Å². The van der Waals surface area contributed by atoms with E-state index >= 15 is 0 Å². The van der Waals surface area contributed by atoms with E-state index in [9.17, 15) is 0 Å². The second-order valence-corrected chi connectivity index (χ2v) is 7.12. The Balaban J connectivity index is 1.75. The van der Waals surface area contributed by atoms with Crippen molar-refractivity contribution < 1.29 is 4.74 Å². The molecule has 136 valence electrons. The van der Waals surface area contributed by atoms with Gasteiger partial charge in [-0.2, -0.15) is 0 Å². The van der Waals surface area contributed by atoms with Crippen LogP contribution in [0.2, 0.25) is 0 Å². The molecule has 0 N–H and O–H groups in total. The SMILES string of the molecule is C=CCN(Cc1ccccc1)[C@@]1(COCc2ccccc2)CCCC1=C. The maximum atomic E-state index is 6.21. The van der Waals surface area contributed by atoms with Gasteiger partial charge < -0.3 is 4.74 Å². The molecule has 2 aromatic rings. The van der Waals surface area contributed by atoms with E-state index in [0.717, 1.165) is 25.9 Å². The summed E-state index contributed by atoms with van der Waals surface area (Å²) >= 11 is 0. The van der Waals surface area contributed by atoms with Gasteiger partial charge >= 0.3 is 0 Å². The number of benzene rings is 2. The van der Waals surface area contributed by atoms with Crippen LogP contribution in [0.1, 0.15) is 30.4 Å². The van der Waals surface area contributed by atoms with E-state index in [1.807, 2.05) is 12.1 Å². The molecular weight excluding hydrogens is 318 g/mol. The van der Waals surface area contributed by atoms with E-state index in [0.29, 0.717) is 13.2 Å². The number of hydrogen-bond donors (Lipinski definition) is 0. The summed E-state index contributed by atoms with van der Waals surface area (Å²) in [5, 5.41) is 0. The molecule has 0 aromatic heterocycles. The highest BCUT2D eigenvalue weighted by molar-refractivity contribution is 5.25. The minimum absolute atomic E-state index is 0.0984. The summed E-state index contributed by atoms with van der Waals surface area (Å²) < 4.78 is 6.21. The van der Waals surface area contributed by atoms with Crippen LogP contribution in [0, 0.1) is 0 Å². The predicted molar refractivity (Wildman–Crippen MR) is 109 cm³/mol. The van der Waals surface area contributed by atoms with Crippen molar-refractivity contribution in [2.24, 2.45) is 0 Å². The monoisotopic (exact) mass is 347 g/mol. The molecule has 0 spiro atoms. The molecular formula is C24H29NO. The Morgan fingerprint density at radius 3 is 2.23 bits per heavy atom. The lowest BCUT2D eigenvalue weighted by Gasteiger charge is -2.42. The molecule has 2 nitrogen and oxygen atoms in total. The van der Waals surface area contributed by atoms with Gasteiger partial charge in [-0.15, -0.1) is 6.58 Å². The van der Waals surface area contributed by atoms with Gasteiger partial charge in [0.2, 0.25) is 0 Å². The Labute approximate surface area is 157 Å². The zero-order valence-corrected chi connectivity index (χ0v) is 15.6. The van der Waals surface area contributed by atoms with E-state index in [4.69, 9.17) is 4.74 Å². The number of rotatable bonds is 9. The fourth-order valence-corrected chi connectivity index (χ4v) is 3.91. The summed E-state index contributed by atoms with van der Waals surface area (Å²) in [7, 11) is 0. The van der Waals surface area contributed by atoms with Crippen molar-refractivity contribution in [2.75, 3.05) is 13.2 Å². The van der Waals surface area contributed by atoms with Crippen molar-refractivity contribution in [3.05, 3.63) is 96.6 Å². The van der Waals surface area contributed by atoms with Crippen LogP contribution in [-0.4, -0.2) is 23.6 Å². The standard InChI is InChI=1S/C24H29NO/c1-3-17-25(18-22-12-6-4-7-13-22)24(16-10-11-21(24)2)20-26-19-23-14-8-5-9-15-23/h3-9,12-15H,1-2,10-11,16-20H2/t24-/m1/s1. The molecule has 1 atom stereocenters. The molecule has 0 unspecified atom stereocenters. The van der Waals surface area contributed by atoms with Crippen LogP contribution in [0.25, 0.3) is 0 Å². The third-order valence-electron chi connectivity index (χ3n) is 5.35. The largest absolute Gasteiger partial charge is 0.374 e. The van der Waals surface area contributed by atoms with Crippen molar-refractivity contribution in [3.63, 3.8) is 0 Å². The average Bonchev–Trinajstić information content (AvgIpc) is 3.05. The van der Waals surface area contributed by atoms with Crippen molar-refractivity contribution >= 4 is 0 Å². The molecule has 0 heterocycles. The minimum Gasteiger partial charge on any atom is -0.374 e. The molecule has 2 aromatic carbocycles. The highest BCUT2D eigenvalue weighted by atomic mass is 16.5. The van der Waals surface area contributed by atoms with Crippen LogP contribution in [0.4, 0.5) is 0 Å². The fourth-order valence-electron chi connectivity index (χ4n) is 3.91. The Morgan fingerprint density at radius 2 is 1.65 bits per heavy atom. The molecule has 1 aliphatic carbocycles. The number of ether oxygens (including phenoxy) is 1. The van der Waals surface area contributed by atoms with E-state index < -0.39 is 0 Å². The first-order valence-corrected chi connectivity index (χ1v) is 9.44. The molecule has 0 bridgehead atoms. The number of nitrogens with zero attached hydrogens (tertiary/aromatic N) is 1. The van der Waals surface area contributed by atoms with E-state index in [2.05, 4.69) is 72.7 Å². The van der Waals surface area contributed by atoms with Crippen molar-refractivity contribution in [1.29, 1.82) is 0 Å². The first-order valence-electron chi connectivity index (χ1n) is 9.44. The first kappa shape index (κ1) is 18.6. The highest BCUT2D eigenvalue weighted by Gasteiger charge is 2.42. The highest BCUT2D eigenvalue weighted by Crippen LogP contribution is 2.40. The van der Waals surface area contributed by atoms with Crippen LogP contribution >= 0.6 is 0 Å². The third kappa shape index (κ3) is 4.32. The first-order chi connectivity index (χ1) is 12.7. The molecule has 3 rings (SSSR count). The summed E-state index contributed by atoms with van der Waals surface area (Å²) in [6.07, 6.45) is 5.35. The third-order valence-corrected chi connectivity index (χ3v) is 5.35. The van der Waals surface area contributed by atoms with Crippen LogP contribution in [0.15, 0.2) is 85.5 Å². The quantitative estimate of drug-likeness (QED) is 0.565. The summed E-state index contributed by atoms with van der Waals surface area (Å²) in [5.41, 5.74) is 3.73. The average molecular weight is 348 g/mol. The molecule has 0 aliphatic heterocycles. The Kier molecular flexibility index (Phi) is 6.43. The van der Waals surface area contributed by atoms with Gasteiger partial charge in [0.15, 0.2) is 0 Å². The summed E-state index contributed by atoms with van der Waals surface area (Å²) in [6, 6.07) is 21.0. The molecule has 1 fully saturated rings. The Hall–Kier alpha value is -2.16. The fraction of sp³-hybridized carbons (Fsp3) is 0.333. The number of hydrogen-bond acceptors (Lipinski definition) is 2. The molecule has 0 radical (unpaired) electrons. The zero-order valence-electron chi connectivity index (χ0n) is 15.6.